The number of nitrogens with one attached hydrogen (secondary N) is 1. The molecular weight excluding hydrogens is 324 g/mol. The highest BCUT2D eigenvalue weighted by Gasteiger charge is 2.22. The van der Waals surface area contributed by atoms with Crippen molar-refractivity contribution in [3.05, 3.63) is 30.5 Å². The number of sulfonamides is 1. The number of benzene rings is 1. The molecule has 6 heteroatoms. The number of fused-ring (bicyclic) bond motifs is 1. The van der Waals surface area contributed by atoms with Crippen LogP contribution in [0.5, 0.6) is 0 Å². The maximum Gasteiger partial charge on any atom is 0.266 e. The van der Waals surface area contributed by atoms with Gasteiger partial charge >= 0.3 is 0 Å². The van der Waals surface area contributed by atoms with E-state index in [2.05, 4.69) is 4.72 Å². The number of carbonyl (C=O) groups is 1. The molecule has 5 nitrogen and oxygen atoms in total. The summed E-state index contributed by atoms with van der Waals surface area (Å²) in [4.78, 5) is 12.2. The van der Waals surface area contributed by atoms with Crippen LogP contribution < -0.4 is 4.72 Å². The topological polar surface area (TPSA) is 68.2 Å². The van der Waals surface area contributed by atoms with Gasteiger partial charge in [0.1, 0.15) is 4.90 Å². The number of rotatable bonds is 6. The lowest BCUT2D eigenvalue weighted by Gasteiger charge is -2.09. The zero-order chi connectivity index (χ0) is 17.2. The third kappa shape index (κ3) is 3.64. The van der Waals surface area contributed by atoms with Crippen LogP contribution in [0, 0.1) is 5.92 Å². The summed E-state index contributed by atoms with van der Waals surface area (Å²) >= 11 is 0. The molecule has 0 aliphatic heterocycles. The molecule has 1 fully saturated rings. The molecule has 3 rings (SSSR count). The molecule has 1 saturated carbocycles. The van der Waals surface area contributed by atoms with E-state index in [-0.39, 0.29) is 11.3 Å². The Labute approximate surface area is 143 Å². The zero-order valence-electron chi connectivity index (χ0n) is 14.0. The zero-order valence-corrected chi connectivity index (χ0v) is 14.8. The Balaban J connectivity index is 1.65. The largest absolute Gasteiger partial charge is 0.349 e. The summed E-state index contributed by atoms with van der Waals surface area (Å²) < 4.78 is 29.1. The molecule has 1 heterocycles. The van der Waals surface area contributed by atoms with E-state index < -0.39 is 15.9 Å². The fourth-order valence-corrected chi connectivity index (χ4v) is 4.90. The summed E-state index contributed by atoms with van der Waals surface area (Å²) in [6, 6.07) is 7.28. The fraction of sp³-hybridized carbons (Fsp3) is 0.500. The van der Waals surface area contributed by atoms with E-state index >= 15 is 0 Å². The number of aromatic nitrogens is 1. The molecule has 0 atom stereocenters. The van der Waals surface area contributed by atoms with E-state index in [1.807, 2.05) is 12.1 Å². The van der Waals surface area contributed by atoms with Crippen molar-refractivity contribution in [3.63, 3.8) is 0 Å². The van der Waals surface area contributed by atoms with Crippen LogP contribution in [0.3, 0.4) is 0 Å². The SMILES string of the molecule is Cn1cc(S(=O)(=O)NC(=O)CCCC2CCCC2)c2ccccc21. The standard InChI is InChI=1S/C18H24N2O3S/c1-20-13-17(15-10-4-5-11-16(15)20)24(22,23)19-18(21)12-6-9-14-7-2-3-8-14/h4-5,10-11,13-14H,2-3,6-9,12H2,1H3,(H,19,21). The Morgan fingerprint density at radius 1 is 1.25 bits per heavy atom. The predicted molar refractivity (Wildman–Crippen MR) is 94.1 cm³/mol. The van der Waals surface area contributed by atoms with Crippen molar-refractivity contribution in [2.24, 2.45) is 13.0 Å². The van der Waals surface area contributed by atoms with Gasteiger partial charge in [0.05, 0.1) is 0 Å². The summed E-state index contributed by atoms with van der Waals surface area (Å²) in [5, 5.41) is 0.631. The Morgan fingerprint density at radius 2 is 1.96 bits per heavy atom. The smallest absolute Gasteiger partial charge is 0.266 e. The average molecular weight is 348 g/mol. The van der Waals surface area contributed by atoms with Gasteiger partial charge in [0.2, 0.25) is 5.91 Å². The monoisotopic (exact) mass is 348 g/mol. The van der Waals surface area contributed by atoms with E-state index in [9.17, 15) is 13.2 Å². The van der Waals surface area contributed by atoms with E-state index in [0.717, 1.165) is 18.4 Å². The lowest BCUT2D eigenvalue weighted by atomic mass is 10.0. The highest BCUT2D eigenvalue weighted by Crippen LogP contribution is 2.29. The van der Waals surface area contributed by atoms with Crippen LogP contribution in [-0.4, -0.2) is 18.9 Å². The van der Waals surface area contributed by atoms with Crippen molar-refractivity contribution in [2.75, 3.05) is 0 Å². The van der Waals surface area contributed by atoms with Crippen molar-refractivity contribution >= 4 is 26.8 Å². The number of hydrogen-bond donors (Lipinski definition) is 1. The molecule has 0 bridgehead atoms. The van der Waals surface area contributed by atoms with Gasteiger partial charge in [-0.1, -0.05) is 43.9 Å². The quantitative estimate of drug-likeness (QED) is 0.870. The molecule has 1 N–H and O–H groups in total. The molecule has 1 aromatic heterocycles. The van der Waals surface area contributed by atoms with E-state index in [4.69, 9.17) is 0 Å². The van der Waals surface area contributed by atoms with Crippen molar-refractivity contribution in [1.29, 1.82) is 0 Å². The van der Waals surface area contributed by atoms with Crippen LogP contribution in [-0.2, 0) is 21.9 Å². The predicted octanol–water partition coefficient (Wildman–Crippen LogP) is 3.34. The third-order valence-electron chi connectivity index (χ3n) is 4.89. The normalized spacial score (nSPS) is 15.9. The molecule has 2 aromatic rings. The minimum Gasteiger partial charge on any atom is -0.349 e. The average Bonchev–Trinajstić information content (AvgIpc) is 3.16. The minimum absolute atomic E-state index is 0.157. The molecule has 1 aliphatic carbocycles. The van der Waals surface area contributed by atoms with Crippen molar-refractivity contribution in [1.82, 2.24) is 9.29 Å². The molecule has 1 amide bonds. The summed E-state index contributed by atoms with van der Waals surface area (Å²) in [5.41, 5.74) is 0.826. The molecule has 0 saturated heterocycles. The molecule has 0 unspecified atom stereocenters. The molecule has 130 valence electrons. The molecular formula is C18H24N2O3S. The molecule has 0 radical (unpaired) electrons. The molecule has 1 aliphatic rings. The first-order valence-corrected chi connectivity index (χ1v) is 10.1. The first kappa shape index (κ1) is 17.0. The second kappa shape index (κ2) is 6.97. The van der Waals surface area contributed by atoms with Crippen LogP contribution in [0.1, 0.15) is 44.9 Å². The van der Waals surface area contributed by atoms with Crippen LogP contribution >= 0.6 is 0 Å². The maximum atomic E-state index is 12.5. The van der Waals surface area contributed by atoms with E-state index in [1.165, 1.54) is 25.7 Å². The van der Waals surface area contributed by atoms with Gasteiger partial charge in [0, 0.05) is 30.6 Å². The van der Waals surface area contributed by atoms with Crippen molar-refractivity contribution < 1.29 is 13.2 Å². The van der Waals surface area contributed by atoms with E-state index in [0.29, 0.717) is 11.3 Å². The summed E-state index contributed by atoms with van der Waals surface area (Å²) in [5.74, 6) is 0.299. The van der Waals surface area contributed by atoms with Crippen molar-refractivity contribution in [2.45, 2.75) is 49.8 Å². The van der Waals surface area contributed by atoms with Gasteiger partial charge in [-0.3, -0.25) is 4.79 Å². The first-order chi connectivity index (χ1) is 11.5. The number of aryl methyl sites for hydroxylation is 1. The van der Waals surface area contributed by atoms with Gasteiger partial charge < -0.3 is 4.57 Å². The number of para-hydroxylation sites is 1. The van der Waals surface area contributed by atoms with Gasteiger partial charge in [-0.2, -0.15) is 0 Å². The summed E-state index contributed by atoms with van der Waals surface area (Å²) in [6.07, 6.45) is 8.65. The van der Waals surface area contributed by atoms with Crippen molar-refractivity contribution in [3.8, 4) is 0 Å². The van der Waals surface area contributed by atoms with Gasteiger partial charge in [-0.25, -0.2) is 13.1 Å². The van der Waals surface area contributed by atoms with Crippen LogP contribution in [0.4, 0.5) is 0 Å². The summed E-state index contributed by atoms with van der Waals surface area (Å²) in [7, 11) is -2.04. The third-order valence-corrected chi connectivity index (χ3v) is 6.29. The lowest BCUT2D eigenvalue weighted by Crippen LogP contribution is -2.30. The minimum atomic E-state index is -3.84. The van der Waals surface area contributed by atoms with Crippen LogP contribution in [0.2, 0.25) is 0 Å². The van der Waals surface area contributed by atoms with Gasteiger partial charge in [-0.05, 0) is 24.8 Å². The van der Waals surface area contributed by atoms with E-state index in [1.54, 1.807) is 29.9 Å². The van der Waals surface area contributed by atoms with Gasteiger partial charge in [0.25, 0.3) is 10.0 Å². The number of nitrogens with zero attached hydrogens (tertiary/aromatic N) is 1. The highest BCUT2D eigenvalue weighted by atomic mass is 32.2. The second-order valence-corrected chi connectivity index (χ2v) is 8.34. The Hall–Kier alpha value is -1.82. The molecule has 1 aromatic carbocycles. The van der Waals surface area contributed by atoms with Gasteiger partial charge in [0.15, 0.2) is 0 Å². The Bertz CT molecular complexity index is 833. The number of hydrogen-bond acceptors (Lipinski definition) is 3. The number of amides is 1. The molecule has 24 heavy (non-hydrogen) atoms. The first-order valence-electron chi connectivity index (χ1n) is 8.57. The van der Waals surface area contributed by atoms with Crippen LogP contribution in [0.25, 0.3) is 10.9 Å². The maximum absolute atomic E-state index is 12.5. The Kier molecular flexibility index (Phi) is 4.94. The van der Waals surface area contributed by atoms with Crippen LogP contribution in [0.15, 0.2) is 35.4 Å². The number of carbonyl (C=O) groups excluding carboxylic acids is 1. The molecule has 0 spiro atoms. The second-order valence-electron chi connectivity index (χ2n) is 6.69. The van der Waals surface area contributed by atoms with Gasteiger partial charge in [-0.15, -0.1) is 0 Å². The highest BCUT2D eigenvalue weighted by molar-refractivity contribution is 7.90. The summed E-state index contributed by atoms with van der Waals surface area (Å²) in [6.45, 7) is 0. The fourth-order valence-electron chi connectivity index (χ4n) is 3.62. The lowest BCUT2D eigenvalue weighted by molar-refractivity contribution is -0.119. The Morgan fingerprint density at radius 3 is 2.71 bits per heavy atom.